The average Bonchev–Trinajstić information content (AvgIpc) is 3.04. The number of carbonyl (C=O) groups excluding carboxylic acids is 1. The minimum atomic E-state index is -0.0724. The molecule has 0 aliphatic carbocycles. The smallest absolute Gasteiger partial charge is 0.272 e. The number of aromatic amines is 1. The van der Waals surface area contributed by atoms with E-state index in [0.29, 0.717) is 11.6 Å². The Hall–Kier alpha value is -2.89. The molecule has 3 aromatic heterocycles. The van der Waals surface area contributed by atoms with Crippen LogP contribution in [0.2, 0.25) is 0 Å². The van der Waals surface area contributed by atoms with Gasteiger partial charge in [-0.15, -0.1) is 0 Å². The maximum Gasteiger partial charge on any atom is 0.272 e. The van der Waals surface area contributed by atoms with E-state index < -0.39 is 0 Å². The molecule has 0 radical (unpaired) electrons. The standard InChI is InChI=1S/C20H22N4O2/c1-23-9-8-16-3-4-17(22-19(16)23)20(26)24-10-6-14(7-11-24)12-15-2-5-18(25)21-13-15/h2-5,8-9,13-14H,6-7,10-12H2,1H3,(H,21,25). The summed E-state index contributed by atoms with van der Waals surface area (Å²) in [5.41, 5.74) is 2.42. The van der Waals surface area contributed by atoms with E-state index in [1.807, 2.05) is 47.0 Å². The van der Waals surface area contributed by atoms with Crippen molar-refractivity contribution in [3.8, 4) is 0 Å². The minimum absolute atomic E-state index is 0.00981. The lowest BCUT2D eigenvalue weighted by Gasteiger charge is -2.31. The number of amides is 1. The van der Waals surface area contributed by atoms with Crippen LogP contribution in [-0.4, -0.2) is 38.4 Å². The largest absolute Gasteiger partial charge is 0.337 e. The van der Waals surface area contributed by atoms with Crippen molar-refractivity contribution in [2.24, 2.45) is 13.0 Å². The molecule has 1 N–H and O–H groups in total. The Kier molecular flexibility index (Phi) is 4.32. The molecule has 1 amide bonds. The number of nitrogens with zero attached hydrogens (tertiary/aromatic N) is 3. The highest BCUT2D eigenvalue weighted by molar-refractivity contribution is 5.94. The summed E-state index contributed by atoms with van der Waals surface area (Å²) in [5.74, 6) is 0.545. The number of rotatable bonds is 3. The van der Waals surface area contributed by atoms with E-state index in [4.69, 9.17) is 0 Å². The van der Waals surface area contributed by atoms with Crippen LogP contribution in [0.25, 0.3) is 11.0 Å². The number of carbonyl (C=O) groups is 1. The zero-order valence-electron chi connectivity index (χ0n) is 14.8. The number of aryl methyl sites for hydroxylation is 1. The number of H-pyrrole nitrogens is 1. The van der Waals surface area contributed by atoms with Crippen molar-refractivity contribution in [2.45, 2.75) is 19.3 Å². The van der Waals surface area contributed by atoms with Crippen LogP contribution in [0.4, 0.5) is 0 Å². The first-order valence-corrected chi connectivity index (χ1v) is 8.99. The fourth-order valence-corrected chi connectivity index (χ4v) is 3.66. The van der Waals surface area contributed by atoms with Gasteiger partial charge in [0, 0.05) is 44.0 Å². The van der Waals surface area contributed by atoms with E-state index in [2.05, 4.69) is 9.97 Å². The number of hydrogen-bond acceptors (Lipinski definition) is 3. The number of pyridine rings is 2. The number of piperidine rings is 1. The van der Waals surface area contributed by atoms with Gasteiger partial charge < -0.3 is 14.5 Å². The molecule has 0 aromatic carbocycles. The Labute approximate surface area is 151 Å². The molecule has 134 valence electrons. The molecule has 1 fully saturated rings. The van der Waals surface area contributed by atoms with E-state index in [1.54, 1.807) is 12.3 Å². The third-order valence-corrected chi connectivity index (χ3v) is 5.21. The Morgan fingerprint density at radius 3 is 2.73 bits per heavy atom. The van der Waals surface area contributed by atoms with E-state index in [9.17, 15) is 9.59 Å². The lowest BCUT2D eigenvalue weighted by atomic mass is 9.90. The van der Waals surface area contributed by atoms with Gasteiger partial charge in [0.05, 0.1) is 0 Å². The summed E-state index contributed by atoms with van der Waals surface area (Å²) in [4.78, 5) is 33.1. The second-order valence-electron chi connectivity index (χ2n) is 7.04. The van der Waals surface area contributed by atoms with Crippen LogP contribution in [0, 0.1) is 5.92 Å². The molecule has 4 heterocycles. The first kappa shape index (κ1) is 16.6. The third-order valence-electron chi connectivity index (χ3n) is 5.21. The highest BCUT2D eigenvalue weighted by atomic mass is 16.2. The van der Waals surface area contributed by atoms with Gasteiger partial charge in [-0.2, -0.15) is 0 Å². The highest BCUT2D eigenvalue weighted by Gasteiger charge is 2.24. The van der Waals surface area contributed by atoms with Crippen LogP contribution in [0.1, 0.15) is 28.9 Å². The zero-order valence-corrected chi connectivity index (χ0v) is 14.8. The van der Waals surface area contributed by atoms with E-state index in [1.165, 1.54) is 0 Å². The zero-order chi connectivity index (χ0) is 18.1. The topological polar surface area (TPSA) is 71.0 Å². The van der Waals surface area contributed by atoms with Crippen LogP contribution in [-0.2, 0) is 13.5 Å². The quantitative estimate of drug-likeness (QED) is 0.788. The summed E-state index contributed by atoms with van der Waals surface area (Å²) in [6.07, 6.45) is 6.62. The Morgan fingerprint density at radius 2 is 2.00 bits per heavy atom. The predicted octanol–water partition coefficient (Wildman–Crippen LogP) is 2.36. The monoisotopic (exact) mass is 350 g/mol. The van der Waals surface area contributed by atoms with Gasteiger partial charge in [0.2, 0.25) is 5.56 Å². The number of likely N-dealkylation sites (tertiary alicyclic amines) is 1. The molecule has 6 heteroatoms. The first-order chi connectivity index (χ1) is 12.6. The van der Waals surface area contributed by atoms with Crippen molar-refractivity contribution in [3.05, 3.63) is 64.3 Å². The van der Waals surface area contributed by atoms with Gasteiger partial charge in [-0.05, 0) is 48.9 Å². The molecular formula is C20H22N4O2. The Balaban J connectivity index is 1.40. The maximum atomic E-state index is 12.8. The van der Waals surface area contributed by atoms with Crippen molar-refractivity contribution < 1.29 is 4.79 Å². The fourth-order valence-electron chi connectivity index (χ4n) is 3.66. The highest BCUT2D eigenvalue weighted by Crippen LogP contribution is 2.23. The summed E-state index contributed by atoms with van der Waals surface area (Å²) in [6, 6.07) is 9.23. The number of hydrogen-bond donors (Lipinski definition) is 1. The number of nitrogens with one attached hydrogen (secondary N) is 1. The summed E-state index contributed by atoms with van der Waals surface area (Å²) in [7, 11) is 1.94. The second kappa shape index (κ2) is 6.78. The molecule has 1 aliphatic heterocycles. The lowest BCUT2D eigenvalue weighted by Crippen LogP contribution is -2.39. The van der Waals surface area contributed by atoms with Crippen LogP contribution in [0.15, 0.2) is 47.5 Å². The average molecular weight is 350 g/mol. The van der Waals surface area contributed by atoms with Crippen LogP contribution in [0.5, 0.6) is 0 Å². The number of fused-ring (bicyclic) bond motifs is 1. The second-order valence-corrected chi connectivity index (χ2v) is 7.04. The van der Waals surface area contributed by atoms with E-state index in [0.717, 1.165) is 48.9 Å². The molecule has 0 unspecified atom stereocenters. The van der Waals surface area contributed by atoms with Gasteiger partial charge in [0.1, 0.15) is 11.3 Å². The molecular weight excluding hydrogens is 328 g/mol. The van der Waals surface area contributed by atoms with Gasteiger partial charge in [-0.1, -0.05) is 6.07 Å². The van der Waals surface area contributed by atoms with Crippen LogP contribution < -0.4 is 5.56 Å². The summed E-state index contributed by atoms with van der Waals surface area (Å²) in [6.45, 7) is 1.50. The minimum Gasteiger partial charge on any atom is -0.337 e. The van der Waals surface area contributed by atoms with Crippen molar-refractivity contribution in [2.75, 3.05) is 13.1 Å². The Bertz CT molecular complexity index is 976. The molecule has 0 spiro atoms. The van der Waals surface area contributed by atoms with Crippen LogP contribution >= 0.6 is 0 Å². The normalized spacial score (nSPS) is 15.5. The summed E-state index contributed by atoms with van der Waals surface area (Å²) in [5, 5.41) is 1.05. The summed E-state index contributed by atoms with van der Waals surface area (Å²) >= 11 is 0. The summed E-state index contributed by atoms with van der Waals surface area (Å²) < 4.78 is 1.93. The van der Waals surface area contributed by atoms with E-state index in [-0.39, 0.29) is 11.5 Å². The first-order valence-electron chi connectivity index (χ1n) is 8.99. The molecule has 0 atom stereocenters. The van der Waals surface area contributed by atoms with E-state index >= 15 is 0 Å². The van der Waals surface area contributed by atoms with Gasteiger partial charge in [-0.3, -0.25) is 9.59 Å². The predicted molar refractivity (Wildman–Crippen MR) is 100 cm³/mol. The van der Waals surface area contributed by atoms with Crippen molar-refractivity contribution in [1.29, 1.82) is 0 Å². The molecule has 26 heavy (non-hydrogen) atoms. The lowest BCUT2D eigenvalue weighted by molar-refractivity contribution is 0.0685. The molecule has 4 rings (SSSR count). The number of aromatic nitrogens is 3. The third kappa shape index (κ3) is 3.27. The van der Waals surface area contributed by atoms with Gasteiger partial charge in [-0.25, -0.2) is 4.98 Å². The fraction of sp³-hybridized carbons (Fsp3) is 0.350. The van der Waals surface area contributed by atoms with Crippen molar-refractivity contribution in [3.63, 3.8) is 0 Å². The Morgan fingerprint density at radius 1 is 1.19 bits per heavy atom. The molecule has 1 aliphatic rings. The maximum absolute atomic E-state index is 12.8. The molecule has 0 saturated carbocycles. The molecule has 6 nitrogen and oxygen atoms in total. The van der Waals surface area contributed by atoms with Gasteiger partial charge in [0.25, 0.3) is 5.91 Å². The SMILES string of the molecule is Cn1ccc2ccc(C(=O)N3CCC(Cc4ccc(=O)[nH]c4)CC3)nc21. The van der Waals surface area contributed by atoms with Gasteiger partial charge >= 0.3 is 0 Å². The molecule has 0 bridgehead atoms. The molecule has 1 saturated heterocycles. The van der Waals surface area contributed by atoms with Crippen molar-refractivity contribution >= 4 is 16.9 Å². The van der Waals surface area contributed by atoms with Crippen molar-refractivity contribution in [1.82, 2.24) is 19.4 Å². The van der Waals surface area contributed by atoms with Crippen LogP contribution in [0.3, 0.4) is 0 Å². The van der Waals surface area contributed by atoms with Gasteiger partial charge in [0.15, 0.2) is 0 Å². The molecule has 3 aromatic rings.